The first-order chi connectivity index (χ1) is 8.13. The molecule has 17 heavy (non-hydrogen) atoms. The summed E-state index contributed by atoms with van der Waals surface area (Å²) in [5, 5.41) is 0.831. The SMILES string of the molecule is CC(C)C1CCN(c2c(Cl)cccc2CN)C1. The Morgan fingerprint density at radius 2 is 2.24 bits per heavy atom. The highest BCUT2D eigenvalue weighted by molar-refractivity contribution is 6.33. The molecule has 1 aromatic carbocycles. The van der Waals surface area contributed by atoms with E-state index >= 15 is 0 Å². The van der Waals surface area contributed by atoms with Gasteiger partial charge in [0.25, 0.3) is 0 Å². The zero-order valence-corrected chi connectivity index (χ0v) is 11.4. The molecule has 0 radical (unpaired) electrons. The van der Waals surface area contributed by atoms with Gasteiger partial charge in [-0.05, 0) is 29.9 Å². The number of nitrogens with two attached hydrogens (primary N) is 1. The zero-order valence-electron chi connectivity index (χ0n) is 10.6. The minimum atomic E-state index is 0.554. The lowest BCUT2D eigenvalue weighted by atomic mass is 9.95. The van der Waals surface area contributed by atoms with Gasteiger partial charge in [0.15, 0.2) is 0 Å². The van der Waals surface area contributed by atoms with Crippen molar-refractivity contribution >= 4 is 17.3 Å². The van der Waals surface area contributed by atoms with E-state index in [-0.39, 0.29) is 0 Å². The Morgan fingerprint density at radius 1 is 1.47 bits per heavy atom. The molecule has 1 aliphatic heterocycles. The summed E-state index contributed by atoms with van der Waals surface area (Å²) in [7, 11) is 0. The predicted octanol–water partition coefficient (Wildman–Crippen LogP) is 3.28. The summed E-state index contributed by atoms with van der Waals surface area (Å²) in [6.45, 7) is 7.35. The van der Waals surface area contributed by atoms with E-state index < -0.39 is 0 Å². The van der Waals surface area contributed by atoms with Gasteiger partial charge in [0.1, 0.15) is 0 Å². The van der Waals surface area contributed by atoms with Crippen LogP contribution in [-0.4, -0.2) is 13.1 Å². The summed E-state index contributed by atoms with van der Waals surface area (Å²) in [6.07, 6.45) is 1.26. The Morgan fingerprint density at radius 3 is 2.82 bits per heavy atom. The molecule has 1 fully saturated rings. The monoisotopic (exact) mass is 252 g/mol. The van der Waals surface area contributed by atoms with Gasteiger partial charge in [0.2, 0.25) is 0 Å². The molecular formula is C14H21ClN2. The van der Waals surface area contributed by atoms with Crippen LogP contribution in [0.15, 0.2) is 18.2 Å². The fraction of sp³-hybridized carbons (Fsp3) is 0.571. The molecule has 0 bridgehead atoms. The Kier molecular flexibility index (Phi) is 3.95. The minimum Gasteiger partial charge on any atom is -0.370 e. The lowest BCUT2D eigenvalue weighted by Crippen LogP contribution is -2.23. The molecule has 1 aliphatic rings. The topological polar surface area (TPSA) is 29.3 Å². The minimum absolute atomic E-state index is 0.554. The van der Waals surface area contributed by atoms with Gasteiger partial charge in [-0.2, -0.15) is 0 Å². The molecule has 0 aliphatic carbocycles. The van der Waals surface area contributed by atoms with Crippen molar-refractivity contribution in [3.63, 3.8) is 0 Å². The summed E-state index contributed by atoms with van der Waals surface area (Å²) >= 11 is 6.32. The molecule has 2 nitrogen and oxygen atoms in total. The summed E-state index contributed by atoms with van der Waals surface area (Å²) < 4.78 is 0. The molecule has 0 aromatic heterocycles. The van der Waals surface area contributed by atoms with Crippen LogP contribution in [0, 0.1) is 11.8 Å². The van der Waals surface area contributed by atoms with Crippen LogP contribution >= 0.6 is 11.6 Å². The molecular weight excluding hydrogens is 232 g/mol. The van der Waals surface area contributed by atoms with Crippen LogP contribution < -0.4 is 10.6 Å². The molecule has 1 aromatic rings. The summed E-state index contributed by atoms with van der Waals surface area (Å²) in [6, 6.07) is 6.01. The Hall–Kier alpha value is -0.730. The molecule has 2 rings (SSSR count). The molecule has 0 amide bonds. The van der Waals surface area contributed by atoms with E-state index in [0.29, 0.717) is 6.54 Å². The van der Waals surface area contributed by atoms with E-state index in [9.17, 15) is 0 Å². The molecule has 1 atom stereocenters. The zero-order chi connectivity index (χ0) is 12.4. The quantitative estimate of drug-likeness (QED) is 0.895. The number of nitrogens with zero attached hydrogens (tertiary/aromatic N) is 1. The number of para-hydroxylation sites is 1. The lowest BCUT2D eigenvalue weighted by Gasteiger charge is -2.23. The van der Waals surface area contributed by atoms with Gasteiger partial charge in [-0.25, -0.2) is 0 Å². The molecule has 0 saturated carbocycles. The van der Waals surface area contributed by atoms with Crippen LogP contribution in [-0.2, 0) is 6.54 Å². The highest BCUT2D eigenvalue weighted by Crippen LogP contribution is 2.35. The van der Waals surface area contributed by atoms with Crippen molar-refractivity contribution in [2.24, 2.45) is 17.6 Å². The second-order valence-corrected chi connectivity index (χ2v) is 5.60. The molecule has 0 spiro atoms. The Labute approximate surface area is 109 Å². The molecule has 1 heterocycles. The van der Waals surface area contributed by atoms with Gasteiger partial charge in [0.05, 0.1) is 10.7 Å². The second-order valence-electron chi connectivity index (χ2n) is 5.19. The van der Waals surface area contributed by atoms with Crippen molar-refractivity contribution in [3.05, 3.63) is 28.8 Å². The van der Waals surface area contributed by atoms with Crippen LogP contribution in [0.3, 0.4) is 0 Å². The maximum absolute atomic E-state index is 6.32. The van der Waals surface area contributed by atoms with Gasteiger partial charge < -0.3 is 10.6 Å². The molecule has 3 heteroatoms. The third kappa shape index (κ3) is 2.58. The standard InChI is InChI=1S/C14H21ClN2/c1-10(2)12-6-7-17(9-12)14-11(8-16)4-3-5-13(14)15/h3-5,10,12H,6-9,16H2,1-2H3. The number of benzene rings is 1. The Bertz CT molecular complexity index is 390. The van der Waals surface area contributed by atoms with E-state index in [1.807, 2.05) is 12.1 Å². The van der Waals surface area contributed by atoms with Crippen molar-refractivity contribution in [2.45, 2.75) is 26.8 Å². The maximum atomic E-state index is 6.32. The normalized spacial score (nSPS) is 20.3. The van der Waals surface area contributed by atoms with Gasteiger partial charge in [-0.1, -0.05) is 37.6 Å². The average molecular weight is 253 g/mol. The highest BCUT2D eigenvalue weighted by atomic mass is 35.5. The summed E-state index contributed by atoms with van der Waals surface area (Å²) in [5.74, 6) is 1.51. The van der Waals surface area contributed by atoms with Gasteiger partial charge in [-0.3, -0.25) is 0 Å². The number of halogens is 1. The van der Waals surface area contributed by atoms with Gasteiger partial charge in [0, 0.05) is 19.6 Å². The first-order valence-electron chi connectivity index (χ1n) is 6.36. The fourth-order valence-electron chi connectivity index (χ4n) is 2.61. The number of hydrogen-bond donors (Lipinski definition) is 1. The molecule has 94 valence electrons. The van der Waals surface area contributed by atoms with Crippen LogP contribution in [0.5, 0.6) is 0 Å². The number of rotatable bonds is 3. The van der Waals surface area contributed by atoms with E-state index in [1.54, 1.807) is 0 Å². The number of hydrogen-bond acceptors (Lipinski definition) is 2. The Balaban J connectivity index is 2.24. The first kappa shape index (κ1) is 12.7. The smallest absolute Gasteiger partial charge is 0.0642 e. The van der Waals surface area contributed by atoms with Crippen LogP contribution in [0.25, 0.3) is 0 Å². The van der Waals surface area contributed by atoms with E-state index in [0.717, 1.165) is 41.2 Å². The summed E-state index contributed by atoms with van der Waals surface area (Å²) in [5.41, 5.74) is 8.10. The first-order valence-corrected chi connectivity index (χ1v) is 6.73. The van der Waals surface area contributed by atoms with Crippen molar-refractivity contribution in [1.82, 2.24) is 0 Å². The lowest BCUT2D eigenvalue weighted by molar-refractivity contribution is 0.422. The van der Waals surface area contributed by atoms with Crippen molar-refractivity contribution < 1.29 is 0 Å². The van der Waals surface area contributed by atoms with E-state index in [2.05, 4.69) is 24.8 Å². The number of anilines is 1. The van der Waals surface area contributed by atoms with Crippen molar-refractivity contribution in [3.8, 4) is 0 Å². The maximum Gasteiger partial charge on any atom is 0.0642 e. The van der Waals surface area contributed by atoms with Crippen LogP contribution in [0.4, 0.5) is 5.69 Å². The van der Waals surface area contributed by atoms with Crippen molar-refractivity contribution in [2.75, 3.05) is 18.0 Å². The van der Waals surface area contributed by atoms with E-state index in [4.69, 9.17) is 17.3 Å². The largest absolute Gasteiger partial charge is 0.370 e. The molecule has 1 saturated heterocycles. The third-order valence-electron chi connectivity index (χ3n) is 3.77. The van der Waals surface area contributed by atoms with Gasteiger partial charge in [-0.15, -0.1) is 0 Å². The third-order valence-corrected chi connectivity index (χ3v) is 4.08. The van der Waals surface area contributed by atoms with E-state index in [1.165, 1.54) is 6.42 Å². The predicted molar refractivity (Wildman–Crippen MR) is 74.5 cm³/mol. The van der Waals surface area contributed by atoms with Crippen LogP contribution in [0.2, 0.25) is 5.02 Å². The van der Waals surface area contributed by atoms with Gasteiger partial charge >= 0.3 is 0 Å². The molecule has 2 N–H and O–H groups in total. The fourth-order valence-corrected chi connectivity index (χ4v) is 2.93. The average Bonchev–Trinajstić information content (AvgIpc) is 2.77. The molecule has 1 unspecified atom stereocenters. The van der Waals surface area contributed by atoms with Crippen LogP contribution in [0.1, 0.15) is 25.8 Å². The summed E-state index contributed by atoms with van der Waals surface area (Å²) in [4.78, 5) is 2.40. The highest BCUT2D eigenvalue weighted by Gasteiger charge is 2.27. The van der Waals surface area contributed by atoms with Crippen molar-refractivity contribution in [1.29, 1.82) is 0 Å². The second kappa shape index (κ2) is 5.28.